The van der Waals surface area contributed by atoms with Gasteiger partial charge in [-0.05, 0) is 0 Å². The first kappa shape index (κ1) is 14.3. The minimum atomic E-state index is -3.29. The number of ether oxygens (including phenoxy) is 3. The molecule has 6 nitrogen and oxygen atoms in total. The van der Waals surface area contributed by atoms with Crippen LogP contribution in [0.25, 0.3) is 0 Å². The molecule has 0 aliphatic heterocycles. The molecule has 0 spiro atoms. The molecule has 0 aromatic carbocycles. The van der Waals surface area contributed by atoms with Crippen molar-refractivity contribution in [3.8, 4) is 0 Å². The van der Waals surface area contributed by atoms with E-state index in [2.05, 4.69) is 0 Å². The number of rotatable bonds is 8. The van der Waals surface area contributed by atoms with Crippen LogP contribution in [0.4, 0.5) is 0 Å². The fourth-order valence-electron chi connectivity index (χ4n) is 0.692. The van der Waals surface area contributed by atoms with Gasteiger partial charge in [-0.15, -0.1) is 0 Å². The van der Waals surface area contributed by atoms with Crippen LogP contribution in [0.5, 0.6) is 0 Å². The van der Waals surface area contributed by atoms with Crippen LogP contribution in [0.1, 0.15) is 13.3 Å². The fraction of sp³-hybridized carbons (Fsp3) is 1.00. The van der Waals surface area contributed by atoms with Crippen molar-refractivity contribution in [3.05, 3.63) is 0 Å². The van der Waals surface area contributed by atoms with Gasteiger partial charge < -0.3 is 0 Å². The Balaban J connectivity index is 4.08. The van der Waals surface area contributed by atoms with Crippen LogP contribution in [0.2, 0.25) is 0 Å². The summed E-state index contributed by atoms with van der Waals surface area (Å²) in [5.41, 5.74) is 0. The molecule has 0 bridgehead atoms. The van der Waals surface area contributed by atoms with Gasteiger partial charge in [-0.2, -0.15) is 0 Å². The second kappa shape index (κ2) is 7.59. The summed E-state index contributed by atoms with van der Waals surface area (Å²) in [6, 6.07) is 0. The molecule has 0 aromatic heterocycles. The van der Waals surface area contributed by atoms with Gasteiger partial charge in [0.2, 0.25) is 0 Å². The number of hydrogen-bond donors (Lipinski definition) is 0. The van der Waals surface area contributed by atoms with Crippen LogP contribution < -0.4 is 0 Å². The van der Waals surface area contributed by atoms with E-state index < -0.39 is 24.8 Å². The van der Waals surface area contributed by atoms with E-state index in [0.717, 1.165) is 6.42 Å². The van der Waals surface area contributed by atoms with Crippen LogP contribution in [0.15, 0.2) is 0 Å². The summed E-state index contributed by atoms with van der Waals surface area (Å²) in [6.45, 7) is 2.29. The molecule has 0 radical (unpaired) electrons. The molecular formula is C7H16O6Ti. The van der Waals surface area contributed by atoms with Crippen molar-refractivity contribution in [1.82, 2.24) is 0 Å². The van der Waals surface area contributed by atoms with E-state index in [0.29, 0.717) is 6.61 Å². The zero-order chi connectivity index (χ0) is 11.0. The number of methoxy groups -OCH3 is 3. The van der Waals surface area contributed by atoms with E-state index in [1.807, 2.05) is 6.92 Å². The first-order valence-corrected chi connectivity index (χ1v) is 6.06. The third kappa shape index (κ3) is 4.70. The molecule has 7 heteroatoms. The Morgan fingerprint density at radius 2 is 1.64 bits per heavy atom. The molecule has 84 valence electrons. The SMILES string of the molecule is CCC[O][Ti](=[O])[O]C(OC)(OC)OC. The Bertz CT molecular complexity index is 161. The molecule has 0 saturated heterocycles. The van der Waals surface area contributed by atoms with Gasteiger partial charge in [0.25, 0.3) is 0 Å². The van der Waals surface area contributed by atoms with Gasteiger partial charge in [-0.25, -0.2) is 0 Å². The molecule has 14 heavy (non-hydrogen) atoms. The molecule has 0 fully saturated rings. The fourth-order valence-corrected chi connectivity index (χ4v) is 2.07. The van der Waals surface area contributed by atoms with Gasteiger partial charge in [-0.3, -0.25) is 0 Å². The van der Waals surface area contributed by atoms with Crippen LogP contribution in [-0.4, -0.2) is 34.1 Å². The second-order valence-electron chi connectivity index (χ2n) is 2.31. The van der Waals surface area contributed by atoms with E-state index in [1.54, 1.807) is 0 Å². The quantitative estimate of drug-likeness (QED) is 0.464. The summed E-state index contributed by atoms with van der Waals surface area (Å²) >= 11 is -3.29. The Kier molecular flexibility index (Phi) is 7.76. The van der Waals surface area contributed by atoms with Crippen molar-refractivity contribution in [1.29, 1.82) is 0 Å². The maximum absolute atomic E-state index is 11.3. The molecule has 0 amide bonds. The molecule has 0 aromatic rings. The Labute approximate surface area is 90.5 Å². The first-order chi connectivity index (χ1) is 6.64. The predicted octanol–water partition coefficient (Wildman–Crippen LogP) is 0.774. The molecule has 0 aliphatic carbocycles. The summed E-state index contributed by atoms with van der Waals surface area (Å²) in [7, 11) is 3.95. The van der Waals surface area contributed by atoms with Gasteiger partial charge in [0.15, 0.2) is 0 Å². The Hall–Kier alpha value is 0.314. The predicted molar refractivity (Wildman–Crippen MR) is 41.8 cm³/mol. The third-order valence-electron chi connectivity index (χ3n) is 1.38. The van der Waals surface area contributed by atoms with E-state index in [9.17, 15) is 3.32 Å². The first-order valence-electron chi connectivity index (χ1n) is 4.15. The van der Waals surface area contributed by atoms with Crippen molar-refractivity contribution in [2.75, 3.05) is 27.9 Å². The van der Waals surface area contributed by atoms with Crippen LogP contribution >= 0.6 is 0 Å². The molecule has 0 rings (SSSR count). The van der Waals surface area contributed by atoms with E-state index >= 15 is 0 Å². The zero-order valence-corrected chi connectivity index (χ0v) is 10.4. The molecule has 0 unspecified atom stereocenters. The summed E-state index contributed by atoms with van der Waals surface area (Å²) in [5, 5.41) is 0. The average molecular weight is 244 g/mol. The summed E-state index contributed by atoms with van der Waals surface area (Å²) < 4.78 is 35.4. The van der Waals surface area contributed by atoms with Gasteiger partial charge in [0.1, 0.15) is 0 Å². The standard InChI is InChI=1S/C4H9O4.C3H7O.O.Ti/c1-6-4(5,7-2)8-3;1-2-3-4;;/h1-3H3;2-3H2,1H3;;/q2*-1;;+2. The van der Waals surface area contributed by atoms with Crippen LogP contribution in [-0.2, 0) is 42.8 Å². The van der Waals surface area contributed by atoms with Gasteiger partial charge >= 0.3 is 90.2 Å². The van der Waals surface area contributed by atoms with Gasteiger partial charge in [-0.1, -0.05) is 0 Å². The molecular weight excluding hydrogens is 228 g/mol. The molecule has 0 aliphatic rings. The Morgan fingerprint density at radius 1 is 1.14 bits per heavy atom. The topological polar surface area (TPSA) is 63.2 Å². The van der Waals surface area contributed by atoms with Crippen LogP contribution in [0, 0.1) is 0 Å². The Morgan fingerprint density at radius 3 is 2.00 bits per heavy atom. The van der Waals surface area contributed by atoms with E-state index in [-0.39, 0.29) is 0 Å². The second-order valence-corrected chi connectivity index (χ2v) is 3.86. The van der Waals surface area contributed by atoms with E-state index in [4.69, 9.17) is 20.8 Å². The molecule has 0 atom stereocenters. The molecule has 0 N–H and O–H groups in total. The number of hydrogen-bond acceptors (Lipinski definition) is 6. The molecule has 0 saturated carbocycles. The van der Waals surface area contributed by atoms with E-state index in [1.165, 1.54) is 21.3 Å². The normalized spacial score (nSPS) is 11.7. The van der Waals surface area contributed by atoms with Crippen molar-refractivity contribution in [2.24, 2.45) is 0 Å². The summed E-state index contributed by atoms with van der Waals surface area (Å²) in [6.07, 6.45) is -0.952. The third-order valence-corrected chi connectivity index (χ3v) is 2.72. The van der Waals surface area contributed by atoms with Gasteiger partial charge in [0, 0.05) is 0 Å². The van der Waals surface area contributed by atoms with Crippen molar-refractivity contribution in [2.45, 2.75) is 19.5 Å². The van der Waals surface area contributed by atoms with Crippen molar-refractivity contribution >= 4 is 0 Å². The summed E-state index contributed by atoms with van der Waals surface area (Å²) in [4.78, 5) is 0. The monoisotopic (exact) mass is 244 g/mol. The molecule has 0 heterocycles. The van der Waals surface area contributed by atoms with Crippen LogP contribution in [0.3, 0.4) is 0 Å². The van der Waals surface area contributed by atoms with Gasteiger partial charge in [0.05, 0.1) is 0 Å². The minimum absolute atomic E-state index is 0.381. The van der Waals surface area contributed by atoms with Crippen molar-refractivity contribution < 1.29 is 42.8 Å². The summed E-state index contributed by atoms with van der Waals surface area (Å²) in [5.74, 6) is 0. The average Bonchev–Trinajstić information content (AvgIpc) is 2.23. The zero-order valence-electron chi connectivity index (χ0n) is 8.86. The maximum atomic E-state index is 11.3. The van der Waals surface area contributed by atoms with Crippen molar-refractivity contribution in [3.63, 3.8) is 0 Å².